The number of ether oxygens (including phenoxy) is 1. The van der Waals surface area contributed by atoms with Crippen LogP contribution in [-0.2, 0) is 4.74 Å². The average Bonchev–Trinajstić information content (AvgIpc) is 2.83. The number of hydrogen-bond donors (Lipinski definition) is 3. The number of nitrogens with zero attached hydrogens (tertiary/aromatic N) is 3. The molecule has 1 saturated heterocycles. The molecular formula is C11H13BrN4O3. The lowest BCUT2D eigenvalue weighted by molar-refractivity contribution is -0.0296. The number of nitrogen functional groups attached to an aromatic ring is 1. The molecule has 2 aromatic heterocycles. The molecule has 102 valence electrons. The fourth-order valence-corrected chi connectivity index (χ4v) is 2.91. The molecule has 0 saturated carbocycles. The molecular weight excluding hydrogens is 316 g/mol. The van der Waals surface area contributed by atoms with Crippen molar-refractivity contribution in [2.45, 2.75) is 31.5 Å². The molecule has 0 bridgehead atoms. The van der Waals surface area contributed by atoms with Crippen LogP contribution >= 0.6 is 15.9 Å². The van der Waals surface area contributed by atoms with Gasteiger partial charge in [-0.05, 0) is 22.9 Å². The second-order valence-corrected chi connectivity index (χ2v) is 5.41. The van der Waals surface area contributed by atoms with Gasteiger partial charge in [0.15, 0.2) is 6.23 Å². The molecule has 1 unspecified atom stereocenters. The molecule has 3 heterocycles. The van der Waals surface area contributed by atoms with Gasteiger partial charge in [-0.3, -0.25) is 0 Å². The van der Waals surface area contributed by atoms with Crippen LogP contribution in [0.5, 0.6) is 0 Å². The molecule has 4 atom stereocenters. The molecule has 1 aliphatic rings. The SMILES string of the molecule is C[C@H]1OC(n2cc(Br)c3c(N)ncnc32)[C@H](O)[C@@H]1O. The summed E-state index contributed by atoms with van der Waals surface area (Å²) in [5.74, 6) is 0.344. The lowest BCUT2D eigenvalue weighted by Crippen LogP contribution is -2.30. The van der Waals surface area contributed by atoms with Crippen molar-refractivity contribution < 1.29 is 14.9 Å². The first-order valence-corrected chi connectivity index (χ1v) is 6.58. The zero-order valence-electron chi connectivity index (χ0n) is 10.1. The fourth-order valence-electron chi connectivity index (χ4n) is 2.31. The largest absolute Gasteiger partial charge is 0.388 e. The molecule has 0 amide bonds. The summed E-state index contributed by atoms with van der Waals surface area (Å²) in [6.07, 6.45) is -0.0338. The highest BCUT2D eigenvalue weighted by Gasteiger charge is 2.42. The van der Waals surface area contributed by atoms with Crippen molar-refractivity contribution in [2.75, 3.05) is 5.73 Å². The van der Waals surface area contributed by atoms with Crippen molar-refractivity contribution in [3.63, 3.8) is 0 Å². The summed E-state index contributed by atoms with van der Waals surface area (Å²) in [4.78, 5) is 8.09. The van der Waals surface area contributed by atoms with Crippen LogP contribution in [0.25, 0.3) is 11.0 Å². The van der Waals surface area contributed by atoms with Crippen LogP contribution in [0.1, 0.15) is 13.2 Å². The van der Waals surface area contributed by atoms with E-state index in [0.717, 1.165) is 0 Å². The molecule has 2 aromatic rings. The predicted octanol–water partition coefficient (Wildman–Crippen LogP) is 0.415. The Kier molecular flexibility index (Phi) is 2.97. The molecule has 0 radical (unpaired) electrons. The quantitative estimate of drug-likeness (QED) is 0.700. The highest BCUT2D eigenvalue weighted by Crippen LogP contribution is 2.36. The van der Waals surface area contributed by atoms with Gasteiger partial charge in [0, 0.05) is 10.7 Å². The van der Waals surface area contributed by atoms with Crippen LogP contribution in [0.15, 0.2) is 17.0 Å². The molecule has 1 aliphatic heterocycles. The first-order chi connectivity index (χ1) is 9.00. The van der Waals surface area contributed by atoms with E-state index in [0.29, 0.717) is 21.3 Å². The maximum absolute atomic E-state index is 10.0. The topological polar surface area (TPSA) is 106 Å². The zero-order chi connectivity index (χ0) is 13.7. The number of aliphatic hydroxyl groups excluding tert-OH is 2. The van der Waals surface area contributed by atoms with Crippen molar-refractivity contribution in [1.82, 2.24) is 14.5 Å². The third-order valence-electron chi connectivity index (χ3n) is 3.34. The van der Waals surface area contributed by atoms with Gasteiger partial charge in [0.05, 0.1) is 11.5 Å². The van der Waals surface area contributed by atoms with E-state index >= 15 is 0 Å². The lowest BCUT2D eigenvalue weighted by Gasteiger charge is -2.17. The number of halogens is 1. The van der Waals surface area contributed by atoms with Gasteiger partial charge in [-0.2, -0.15) is 0 Å². The first kappa shape index (κ1) is 12.8. The maximum atomic E-state index is 10.0. The summed E-state index contributed by atoms with van der Waals surface area (Å²) in [6, 6.07) is 0. The Morgan fingerprint density at radius 3 is 2.74 bits per heavy atom. The number of anilines is 1. The Morgan fingerprint density at radius 1 is 1.37 bits per heavy atom. The summed E-state index contributed by atoms with van der Waals surface area (Å²) in [5, 5.41) is 20.5. The molecule has 19 heavy (non-hydrogen) atoms. The normalized spacial score (nSPS) is 31.2. The highest BCUT2D eigenvalue weighted by atomic mass is 79.9. The zero-order valence-corrected chi connectivity index (χ0v) is 11.6. The summed E-state index contributed by atoms with van der Waals surface area (Å²) in [7, 11) is 0. The van der Waals surface area contributed by atoms with Gasteiger partial charge in [0.25, 0.3) is 0 Å². The van der Waals surface area contributed by atoms with E-state index in [1.165, 1.54) is 6.33 Å². The summed E-state index contributed by atoms with van der Waals surface area (Å²) >= 11 is 3.39. The Morgan fingerprint density at radius 2 is 2.11 bits per heavy atom. The smallest absolute Gasteiger partial charge is 0.164 e. The summed E-state index contributed by atoms with van der Waals surface area (Å²) in [5.41, 5.74) is 6.36. The third kappa shape index (κ3) is 1.83. The van der Waals surface area contributed by atoms with Gasteiger partial charge in [-0.15, -0.1) is 0 Å². The molecule has 0 aromatic carbocycles. The van der Waals surface area contributed by atoms with E-state index in [1.807, 2.05) is 0 Å². The van der Waals surface area contributed by atoms with E-state index in [2.05, 4.69) is 25.9 Å². The predicted molar refractivity (Wildman–Crippen MR) is 71.2 cm³/mol. The minimum absolute atomic E-state index is 0.344. The van der Waals surface area contributed by atoms with Gasteiger partial charge < -0.3 is 25.3 Å². The number of hydrogen-bond acceptors (Lipinski definition) is 6. The summed E-state index contributed by atoms with van der Waals surface area (Å²) in [6.45, 7) is 1.71. The first-order valence-electron chi connectivity index (χ1n) is 5.79. The van der Waals surface area contributed by atoms with Crippen LogP contribution in [-0.4, -0.2) is 43.1 Å². The molecule has 3 rings (SSSR count). The molecule has 8 heteroatoms. The van der Waals surface area contributed by atoms with E-state index in [-0.39, 0.29) is 0 Å². The molecule has 0 aliphatic carbocycles. The third-order valence-corrected chi connectivity index (χ3v) is 3.94. The van der Waals surface area contributed by atoms with Crippen molar-refractivity contribution in [3.05, 3.63) is 17.0 Å². The number of nitrogens with two attached hydrogens (primary N) is 1. The van der Waals surface area contributed by atoms with Gasteiger partial charge in [0.2, 0.25) is 0 Å². The van der Waals surface area contributed by atoms with Crippen LogP contribution in [0.4, 0.5) is 5.82 Å². The number of aromatic nitrogens is 3. The Balaban J connectivity index is 2.14. The van der Waals surface area contributed by atoms with Crippen LogP contribution in [0.2, 0.25) is 0 Å². The monoisotopic (exact) mass is 328 g/mol. The fraction of sp³-hybridized carbons (Fsp3) is 0.455. The van der Waals surface area contributed by atoms with E-state index in [4.69, 9.17) is 10.5 Å². The molecule has 7 nitrogen and oxygen atoms in total. The van der Waals surface area contributed by atoms with Crippen molar-refractivity contribution >= 4 is 32.8 Å². The lowest BCUT2D eigenvalue weighted by atomic mass is 10.1. The van der Waals surface area contributed by atoms with Gasteiger partial charge >= 0.3 is 0 Å². The van der Waals surface area contributed by atoms with Crippen LogP contribution in [0, 0.1) is 0 Å². The standard InChI is InChI=1S/C11H13BrN4O3/c1-4-7(17)8(18)11(19-4)16-2-5(12)6-9(13)14-3-15-10(6)16/h2-4,7-8,11,17-18H,1H3,(H2,13,14,15)/t4-,7-,8-,11?/m1/s1. The van der Waals surface area contributed by atoms with Gasteiger partial charge in [0.1, 0.15) is 30.0 Å². The van der Waals surface area contributed by atoms with Crippen molar-refractivity contribution in [3.8, 4) is 0 Å². The Labute approximate surface area is 117 Å². The molecule has 1 fully saturated rings. The minimum Gasteiger partial charge on any atom is -0.388 e. The van der Waals surface area contributed by atoms with Crippen LogP contribution in [0.3, 0.4) is 0 Å². The van der Waals surface area contributed by atoms with E-state index in [9.17, 15) is 10.2 Å². The Bertz CT molecular complexity index is 632. The van der Waals surface area contributed by atoms with Gasteiger partial charge in [-0.1, -0.05) is 0 Å². The van der Waals surface area contributed by atoms with Gasteiger partial charge in [-0.25, -0.2) is 9.97 Å². The van der Waals surface area contributed by atoms with Crippen molar-refractivity contribution in [2.24, 2.45) is 0 Å². The maximum Gasteiger partial charge on any atom is 0.164 e. The minimum atomic E-state index is -1.02. The number of rotatable bonds is 1. The second kappa shape index (κ2) is 4.41. The van der Waals surface area contributed by atoms with E-state index < -0.39 is 24.5 Å². The molecule has 0 spiro atoms. The van der Waals surface area contributed by atoms with Crippen molar-refractivity contribution in [1.29, 1.82) is 0 Å². The summed E-state index contributed by atoms with van der Waals surface area (Å²) < 4.78 is 7.94. The number of aliphatic hydroxyl groups is 2. The number of fused-ring (bicyclic) bond motifs is 1. The van der Waals surface area contributed by atoms with E-state index in [1.54, 1.807) is 17.7 Å². The molecule has 4 N–H and O–H groups in total. The second-order valence-electron chi connectivity index (χ2n) is 4.55. The average molecular weight is 329 g/mol. The van der Waals surface area contributed by atoms with Crippen LogP contribution < -0.4 is 5.73 Å². The highest BCUT2D eigenvalue weighted by molar-refractivity contribution is 9.10. The Hall–Kier alpha value is -1.22.